The Morgan fingerprint density at radius 2 is 1.76 bits per heavy atom. The van der Waals surface area contributed by atoms with Gasteiger partial charge >= 0.3 is 135 Å². The van der Waals surface area contributed by atoms with Crippen LogP contribution in [0.3, 0.4) is 0 Å². The van der Waals surface area contributed by atoms with Crippen LogP contribution in [0.5, 0.6) is 0 Å². The molecule has 1 fully saturated rings. The monoisotopic (exact) mass is 440 g/mol. The Morgan fingerprint density at radius 3 is 2.19 bits per heavy atom. The van der Waals surface area contributed by atoms with Crippen molar-refractivity contribution in [2.45, 2.75) is 58.4 Å². The van der Waals surface area contributed by atoms with Crippen LogP contribution in [0.1, 0.15) is 27.2 Å². The second-order valence-electron chi connectivity index (χ2n) is 7.74. The van der Waals surface area contributed by atoms with Gasteiger partial charge in [-0.15, -0.1) is 0 Å². The van der Waals surface area contributed by atoms with Crippen LogP contribution in [0, 0.1) is 0 Å². The summed E-state index contributed by atoms with van der Waals surface area (Å²) in [6.45, 7) is 14.7. The van der Waals surface area contributed by atoms with E-state index in [0.717, 1.165) is 6.04 Å². The maximum absolute atomic E-state index is 9.39. The first-order valence-electron chi connectivity index (χ1n) is 7.13. The molecule has 2 aliphatic rings. The molecule has 1 aliphatic heterocycles. The van der Waals surface area contributed by atoms with E-state index in [2.05, 4.69) is 45.7 Å². The van der Waals surface area contributed by atoms with Gasteiger partial charge in [-0.25, -0.2) is 0 Å². The molecule has 1 heterocycles. The van der Waals surface area contributed by atoms with Gasteiger partial charge in [-0.05, 0) is 0 Å². The number of hydrogen-bond donors (Lipinski definition) is 2. The van der Waals surface area contributed by atoms with Crippen molar-refractivity contribution in [1.29, 1.82) is 0 Å². The summed E-state index contributed by atoms with van der Waals surface area (Å²) in [6.07, 6.45) is 1.17. The fraction of sp³-hybridized carbons (Fsp3) is 0.714. The number of aliphatic hydroxyl groups is 1. The third kappa shape index (κ3) is 3.80. The smallest absolute Gasteiger partial charge is 1.00 e. The van der Waals surface area contributed by atoms with Crippen LogP contribution in [0.15, 0.2) is 19.4 Å². The summed E-state index contributed by atoms with van der Waals surface area (Å²) < 4.78 is 1.70. The number of allylic oxidation sites excluding steroid dienone is 3. The first-order valence-corrected chi connectivity index (χ1v) is 15.1. The molecular weight excluding hydrogens is 416 g/mol. The normalized spacial score (nSPS) is 24.4. The molecule has 21 heavy (non-hydrogen) atoms. The predicted molar refractivity (Wildman–Crippen MR) is 82.6 cm³/mol. The summed E-state index contributed by atoms with van der Waals surface area (Å²) in [6, 6.07) is 1.06. The van der Waals surface area contributed by atoms with Gasteiger partial charge in [0.25, 0.3) is 0 Å². The maximum atomic E-state index is 9.39. The Bertz CT molecular complexity index is 486. The van der Waals surface area contributed by atoms with E-state index in [1.165, 1.54) is 12.1 Å². The molecule has 2 nitrogen and oxygen atoms in total. The third-order valence-electron chi connectivity index (χ3n) is 4.76. The molecule has 119 valence electrons. The van der Waals surface area contributed by atoms with Gasteiger partial charge in [-0.1, -0.05) is 0 Å². The minimum Gasteiger partial charge on any atom is -1.00 e. The SMILES string of the molecule is CC(C)(C)NC1=C2C(=[C]([Zr+2])C1)[Si]2(C)[Si](C)(C)CCO.[Cl-].[Cl-]. The molecule has 2 N–H and O–H groups in total. The van der Waals surface area contributed by atoms with Crippen molar-refractivity contribution in [3.8, 4) is 0 Å². The van der Waals surface area contributed by atoms with Gasteiger partial charge in [0, 0.05) is 0 Å². The van der Waals surface area contributed by atoms with Crippen LogP contribution < -0.4 is 30.1 Å². The molecule has 1 aliphatic carbocycles. The zero-order valence-corrected chi connectivity index (χ0v) is 19.8. The summed E-state index contributed by atoms with van der Waals surface area (Å²) in [5.74, 6) is 0. The van der Waals surface area contributed by atoms with E-state index >= 15 is 0 Å². The number of aliphatic hydroxyl groups excluding tert-OH is 1. The Balaban J connectivity index is 0.00000200. The van der Waals surface area contributed by atoms with Crippen LogP contribution in [0.4, 0.5) is 0 Å². The van der Waals surface area contributed by atoms with Crippen molar-refractivity contribution in [2.24, 2.45) is 0 Å². The molecule has 0 aromatic rings. The predicted octanol–water partition coefficient (Wildman–Crippen LogP) is -3.21. The van der Waals surface area contributed by atoms with Crippen molar-refractivity contribution in [3.05, 3.63) is 19.4 Å². The zero-order valence-electron chi connectivity index (χ0n) is 13.8. The fourth-order valence-electron chi connectivity index (χ4n) is 3.40. The first-order chi connectivity index (χ1) is 8.54. The molecule has 0 spiro atoms. The van der Waals surface area contributed by atoms with E-state index < -0.39 is 15.2 Å². The Morgan fingerprint density at radius 1 is 1.24 bits per heavy atom. The summed E-state index contributed by atoms with van der Waals surface area (Å²) in [5.41, 5.74) is 1.69. The van der Waals surface area contributed by atoms with Crippen molar-refractivity contribution in [1.82, 2.24) is 5.32 Å². The van der Waals surface area contributed by atoms with E-state index in [1.54, 1.807) is 38.4 Å². The molecule has 7 heteroatoms. The minimum absolute atomic E-state index is 0. The second kappa shape index (κ2) is 6.94. The minimum atomic E-state index is -1.33. The first kappa shape index (κ1) is 22.1. The van der Waals surface area contributed by atoms with E-state index in [9.17, 15) is 5.11 Å². The average molecular weight is 443 g/mol. The van der Waals surface area contributed by atoms with Gasteiger partial charge in [-0.3, -0.25) is 0 Å². The topological polar surface area (TPSA) is 32.3 Å². The van der Waals surface area contributed by atoms with Crippen molar-refractivity contribution < 1.29 is 54.6 Å². The molecule has 0 aromatic carbocycles. The van der Waals surface area contributed by atoms with Crippen LogP contribution in [0.2, 0.25) is 25.7 Å². The molecule has 0 saturated carbocycles. The van der Waals surface area contributed by atoms with E-state index in [0.29, 0.717) is 6.61 Å². The largest absolute Gasteiger partial charge is 1.00 e. The third-order valence-corrected chi connectivity index (χ3v) is 23.8. The summed E-state index contributed by atoms with van der Waals surface area (Å²) in [5, 5.41) is 16.7. The summed E-state index contributed by atoms with van der Waals surface area (Å²) in [4.78, 5) is 0. The molecular formula is C14H26Cl2NOSi2Zr. The van der Waals surface area contributed by atoms with Crippen LogP contribution >= 0.6 is 0 Å². The van der Waals surface area contributed by atoms with Gasteiger partial charge in [0.2, 0.25) is 0 Å². The molecule has 1 unspecified atom stereocenters. The molecule has 0 radical (unpaired) electrons. The molecule has 1 saturated heterocycles. The Hall–Kier alpha value is 1.14. The summed E-state index contributed by atoms with van der Waals surface area (Å²) in [7, 11) is -2.63. The molecule has 0 bridgehead atoms. The average Bonchev–Trinajstić information content (AvgIpc) is 2.71. The van der Waals surface area contributed by atoms with Crippen LogP contribution in [0.25, 0.3) is 0 Å². The van der Waals surface area contributed by atoms with Gasteiger partial charge in [-0.2, -0.15) is 0 Å². The number of halogens is 2. The van der Waals surface area contributed by atoms with Crippen LogP contribution in [-0.4, -0.2) is 32.4 Å². The molecule has 0 aromatic heterocycles. The van der Waals surface area contributed by atoms with Gasteiger partial charge < -0.3 is 24.8 Å². The number of nitrogens with one attached hydrogen (secondary N) is 1. The van der Waals surface area contributed by atoms with Crippen LogP contribution in [-0.2, 0) is 24.7 Å². The quantitative estimate of drug-likeness (QED) is 0.450. The van der Waals surface area contributed by atoms with Crippen molar-refractivity contribution >= 4 is 15.2 Å². The Kier molecular flexibility index (Phi) is 7.32. The van der Waals surface area contributed by atoms with Gasteiger partial charge in [0.15, 0.2) is 0 Å². The van der Waals surface area contributed by atoms with Gasteiger partial charge in [0.05, 0.1) is 0 Å². The van der Waals surface area contributed by atoms with E-state index in [-0.39, 0.29) is 30.4 Å². The van der Waals surface area contributed by atoms with Gasteiger partial charge in [0.1, 0.15) is 0 Å². The fourth-order valence-corrected chi connectivity index (χ4v) is 20.4. The van der Waals surface area contributed by atoms with E-state index in [1.807, 2.05) is 0 Å². The maximum Gasteiger partial charge on any atom is -1.00 e. The van der Waals surface area contributed by atoms with Crippen molar-refractivity contribution in [2.75, 3.05) is 6.61 Å². The Labute approximate surface area is 158 Å². The molecule has 0 amide bonds. The van der Waals surface area contributed by atoms with E-state index in [4.69, 9.17) is 0 Å². The molecule has 1 atom stereocenters. The standard InChI is InChI=1S/C14H26NOSi2.2ClH.Zr/c1-14(2,3)15-11-7-8-12-13(11)18(12,6)17(4,5)10-9-16;;;/h15-16H,7,9-10H2,1-6H3;2*1H;/q;;;+2/p-2. The number of fused-ring (bicyclic) bond motifs is 1. The number of rotatable bonds is 4. The molecule has 2 rings (SSSR count). The zero-order chi connectivity index (χ0) is 14.6. The second-order valence-corrected chi connectivity index (χ2v) is 23.8. The summed E-state index contributed by atoms with van der Waals surface area (Å²) >= 11 is 1.60. The van der Waals surface area contributed by atoms with Crippen molar-refractivity contribution in [3.63, 3.8) is 0 Å². The number of hydrogen-bond acceptors (Lipinski definition) is 2.